The molecule has 0 atom stereocenters. The van der Waals surface area contributed by atoms with Gasteiger partial charge in [-0.2, -0.15) is 0 Å². The summed E-state index contributed by atoms with van der Waals surface area (Å²) in [5.74, 6) is -0.0791. The Morgan fingerprint density at radius 1 is 0.969 bits per heavy atom. The van der Waals surface area contributed by atoms with E-state index < -0.39 is 5.69 Å². The van der Waals surface area contributed by atoms with Gasteiger partial charge in [0.15, 0.2) is 0 Å². The van der Waals surface area contributed by atoms with Crippen LogP contribution in [0.25, 0.3) is 20.4 Å². The number of carbonyl (C=O) groups excluding carboxylic acids is 1. The van der Waals surface area contributed by atoms with E-state index in [1.165, 1.54) is 20.5 Å². The molecule has 0 radical (unpaired) electrons. The van der Waals surface area contributed by atoms with Gasteiger partial charge >= 0.3 is 5.69 Å². The highest BCUT2D eigenvalue weighted by Gasteiger charge is 2.23. The van der Waals surface area contributed by atoms with E-state index in [9.17, 15) is 14.4 Å². The highest BCUT2D eigenvalue weighted by Crippen LogP contribution is 2.29. The van der Waals surface area contributed by atoms with Gasteiger partial charge in [0.25, 0.3) is 5.56 Å². The lowest BCUT2D eigenvalue weighted by Gasteiger charge is -2.27. The van der Waals surface area contributed by atoms with Crippen LogP contribution in [-0.2, 0) is 24.3 Å². The Morgan fingerprint density at radius 3 is 2.53 bits per heavy atom. The second kappa shape index (κ2) is 8.70. The van der Waals surface area contributed by atoms with Crippen LogP contribution >= 0.6 is 11.3 Å². The monoisotopic (exact) mass is 448 g/mol. The molecule has 0 unspecified atom stereocenters. The van der Waals surface area contributed by atoms with E-state index in [1.807, 2.05) is 41.3 Å². The van der Waals surface area contributed by atoms with Gasteiger partial charge in [-0.1, -0.05) is 30.3 Å². The summed E-state index contributed by atoms with van der Waals surface area (Å²) in [6.07, 6.45) is 5.33. The van der Waals surface area contributed by atoms with Crippen molar-refractivity contribution in [3.63, 3.8) is 0 Å². The summed E-state index contributed by atoms with van der Waals surface area (Å²) in [5.41, 5.74) is 0.820. The van der Waals surface area contributed by atoms with Crippen LogP contribution in [0.5, 0.6) is 0 Å². The van der Waals surface area contributed by atoms with E-state index in [0.29, 0.717) is 21.5 Å². The van der Waals surface area contributed by atoms with E-state index in [0.717, 1.165) is 43.3 Å². The fraction of sp³-hybridized carbons (Fsp3) is 0.333. The Labute approximate surface area is 188 Å². The normalized spacial score (nSPS) is 14.3. The highest BCUT2D eigenvalue weighted by molar-refractivity contribution is 7.25. The van der Waals surface area contributed by atoms with Crippen LogP contribution in [0, 0.1) is 0 Å². The van der Waals surface area contributed by atoms with E-state index in [2.05, 4.69) is 4.98 Å². The number of amides is 1. The van der Waals surface area contributed by atoms with Crippen LogP contribution in [-0.4, -0.2) is 38.0 Å². The topological polar surface area (TPSA) is 77.2 Å². The van der Waals surface area contributed by atoms with Gasteiger partial charge in [0.05, 0.1) is 5.52 Å². The second-order valence-electron chi connectivity index (χ2n) is 8.14. The number of benzene rings is 1. The average Bonchev–Trinajstić information content (AvgIpc) is 3.23. The minimum absolute atomic E-state index is 0.0678. The maximum absolute atomic E-state index is 13.5. The third kappa shape index (κ3) is 3.75. The van der Waals surface area contributed by atoms with Crippen molar-refractivity contribution < 1.29 is 4.79 Å². The molecule has 4 heterocycles. The van der Waals surface area contributed by atoms with Gasteiger partial charge in [-0.3, -0.25) is 18.7 Å². The number of thiophene rings is 1. The smallest absolute Gasteiger partial charge is 0.332 e. The summed E-state index contributed by atoms with van der Waals surface area (Å²) in [4.78, 5) is 46.8. The lowest BCUT2D eigenvalue weighted by Crippen LogP contribution is -2.44. The van der Waals surface area contributed by atoms with Crippen LogP contribution in [0.4, 0.5) is 0 Å². The number of aryl methyl sites for hydroxylation is 1. The first kappa shape index (κ1) is 20.6. The molecular formula is C24H24N4O3S. The van der Waals surface area contributed by atoms with Gasteiger partial charge in [0.2, 0.25) is 5.91 Å². The number of aromatic nitrogens is 3. The molecule has 32 heavy (non-hydrogen) atoms. The van der Waals surface area contributed by atoms with Crippen molar-refractivity contribution in [3.8, 4) is 0 Å². The largest absolute Gasteiger partial charge is 0.341 e. The number of fused-ring (bicyclic) bond motifs is 3. The number of hydrogen-bond acceptors (Lipinski definition) is 5. The first-order valence-corrected chi connectivity index (χ1v) is 11.8. The lowest BCUT2D eigenvalue weighted by molar-refractivity contribution is -0.132. The van der Waals surface area contributed by atoms with Crippen LogP contribution in [0.1, 0.15) is 24.8 Å². The molecule has 0 bridgehead atoms. The van der Waals surface area contributed by atoms with Crippen molar-refractivity contribution in [2.45, 2.75) is 38.8 Å². The Balaban J connectivity index is 1.63. The molecule has 3 aromatic heterocycles. The summed E-state index contributed by atoms with van der Waals surface area (Å²) < 4.78 is 3.23. The second-order valence-corrected chi connectivity index (χ2v) is 9.14. The van der Waals surface area contributed by atoms with Gasteiger partial charge in [-0.15, -0.1) is 11.3 Å². The number of likely N-dealkylation sites (tertiary alicyclic amines) is 1. The fourth-order valence-corrected chi connectivity index (χ4v) is 5.49. The van der Waals surface area contributed by atoms with Crippen molar-refractivity contribution >= 4 is 37.7 Å². The van der Waals surface area contributed by atoms with Crippen molar-refractivity contribution in [3.05, 3.63) is 75.1 Å². The molecule has 1 aromatic carbocycles. The Morgan fingerprint density at radius 2 is 1.75 bits per heavy atom. The van der Waals surface area contributed by atoms with Crippen molar-refractivity contribution in [2.24, 2.45) is 0 Å². The molecule has 5 rings (SSSR count). The van der Waals surface area contributed by atoms with Crippen LogP contribution in [0.2, 0.25) is 0 Å². The summed E-state index contributed by atoms with van der Waals surface area (Å²) in [5, 5.41) is 0.739. The van der Waals surface area contributed by atoms with Gasteiger partial charge < -0.3 is 4.90 Å². The molecular weight excluding hydrogens is 424 g/mol. The molecule has 0 saturated carbocycles. The molecule has 1 saturated heterocycles. The summed E-state index contributed by atoms with van der Waals surface area (Å²) >= 11 is 1.28. The lowest BCUT2D eigenvalue weighted by atomic mass is 10.1. The zero-order valence-corrected chi connectivity index (χ0v) is 18.5. The molecule has 1 aliphatic rings. The zero-order valence-electron chi connectivity index (χ0n) is 17.7. The third-order valence-corrected chi connectivity index (χ3v) is 7.17. The molecule has 4 aromatic rings. The highest BCUT2D eigenvalue weighted by atomic mass is 32.1. The molecule has 1 aliphatic heterocycles. The minimum Gasteiger partial charge on any atom is -0.341 e. The first-order chi connectivity index (χ1) is 15.6. The molecule has 1 amide bonds. The van der Waals surface area contributed by atoms with Gasteiger partial charge in [-0.05, 0) is 43.4 Å². The zero-order chi connectivity index (χ0) is 22.1. The van der Waals surface area contributed by atoms with Crippen molar-refractivity contribution in [2.75, 3.05) is 13.1 Å². The number of carbonyl (C=O) groups is 1. The average molecular weight is 449 g/mol. The maximum Gasteiger partial charge on any atom is 0.332 e. The van der Waals surface area contributed by atoms with E-state index in [-0.39, 0.29) is 24.6 Å². The molecule has 0 spiro atoms. The molecule has 7 nitrogen and oxygen atoms in total. The first-order valence-electron chi connectivity index (χ1n) is 11.0. The van der Waals surface area contributed by atoms with Gasteiger partial charge in [-0.25, -0.2) is 9.78 Å². The minimum atomic E-state index is -0.438. The quantitative estimate of drug-likeness (QED) is 0.470. The Kier molecular flexibility index (Phi) is 5.61. The van der Waals surface area contributed by atoms with Crippen molar-refractivity contribution in [1.29, 1.82) is 0 Å². The predicted molar refractivity (Wildman–Crippen MR) is 126 cm³/mol. The molecule has 8 heteroatoms. The fourth-order valence-electron chi connectivity index (χ4n) is 4.39. The van der Waals surface area contributed by atoms with E-state index >= 15 is 0 Å². The number of nitrogens with zero attached hydrogens (tertiary/aromatic N) is 4. The van der Waals surface area contributed by atoms with Crippen LogP contribution in [0.15, 0.2) is 58.3 Å². The summed E-state index contributed by atoms with van der Waals surface area (Å²) in [6, 6.07) is 13.4. The van der Waals surface area contributed by atoms with Crippen LogP contribution in [0.3, 0.4) is 0 Å². The number of hydrogen-bond donors (Lipinski definition) is 0. The van der Waals surface area contributed by atoms with Gasteiger partial charge in [0, 0.05) is 31.2 Å². The Bertz CT molecular complexity index is 1400. The third-order valence-electron chi connectivity index (χ3n) is 6.08. The number of pyridine rings is 1. The summed E-state index contributed by atoms with van der Waals surface area (Å²) in [7, 11) is 0. The van der Waals surface area contributed by atoms with Crippen LogP contribution < -0.4 is 11.2 Å². The van der Waals surface area contributed by atoms with E-state index in [4.69, 9.17) is 0 Å². The molecule has 0 N–H and O–H groups in total. The molecule has 164 valence electrons. The SMILES string of the molecule is O=C(Cn1c(=O)n(CCc2ccccc2)c(=O)c2sc3ncccc3c21)N1CCCCC1. The standard InChI is InChI=1S/C24H24N4O3S/c29-19(26-13-5-2-6-14-26)16-28-20-18-10-7-12-25-22(18)32-21(20)23(30)27(24(28)31)15-11-17-8-3-1-4-9-17/h1,3-4,7-10,12H,2,5-6,11,13-16H2. The van der Waals surface area contributed by atoms with Gasteiger partial charge in [0.1, 0.15) is 16.1 Å². The predicted octanol–water partition coefficient (Wildman–Crippen LogP) is 3.03. The number of rotatable bonds is 5. The Hall–Kier alpha value is -3.26. The maximum atomic E-state index is 13.5. The number of piperidine rings is 1. The summed E-state index contributed by atoms with van der Waals surface area (Å²) in [6.45, 7) is 1.63. The molecule has 0 aliphatic carbocycles. The molecule has 1 fully saturated rings. The van der Waals surface area contributed by atoms with E-state index in [1.54, 1.807) is 12.3 Å². The van der Waals surface area contributed by atoms with Crippen molar-refractivity contribution in [1.82, 2.24) is 19.0 Å².